The molecule has 0 atom stereocenters. The van der Waals surface area contributed by atoms with Crippen LogP contribution in [0.15, 0.2) is 72.8 Å². The Balaban J connectivity index is 1.35. The van der Waals surface area contributed by atoms with E-state index in [1.807, 2.05) is 0 Å². The molecule has 0 radical (unpaired) electrons. The molecule has 3 nitrogen and oxygen atoms in total. The largest absolute Gasteiger partial charge is 0.493 e. The van der Waals surface area contributed by atoms with Crippen LogP contribution in [0.4, 0.5) is 0 Å². The molecule has 0 saturated carbocycles. The second-order valence-corrected chi connectivity index (χ2v) is 15.3. The molecule has 1 aliphatic carbocycles. The summed E-state index contributed by atoms with van der Waals surface area (Å²) in [5.74, 6) is 3.45. The van der Waals surface area contributed by atoms with E-state index in [0.717, 1.165) is 60.2 Å². The maximum absolute atomic E-state index is 6.82. The number of ether oxygens (including phenoxy) is 3. The van der Waals surface area contributed by atoms with E-state index < -0.39 is 5.41 Å². The molecule has 4 aromatic carbocycles. The van der Waals surface area contributed by atoms with Crippen LogP contribution in [0.2, 0.25) is 0 Å². The SMILES string of the molecule is CCCCCCCCOc1ccc2c(c1)Oc1cc(OCCCCCCCC)ccc1C21c2cc(I)ccc2-c2ccc(I)cc21. The molecule has 0 saturated heterocycles. The Kier molecular flexibility index (Phi) is 11.5. The van der Waals surface area contributed by atoms with Crippen LogP contribution in [0.5, 0.6) is 23.0 Å². The minimum absolute atomic E-state index is 0.494. The fourth-order valence-corrected chi connectivity index (χ4v) is 8.21. The van der Waals surface area contributed by atoms with Crippen molar-refractivity contribution < 1.29 is 14.2 Å². The maximum atomic E-state index is 6.82. The highest BCUT2D eigenvalue weighted by molar-refractivity contribution is 14.1. The fourth-order valence-electron chi connectivity index (χ4n) is 7.23. The first-order valence-corrected chi connectivity index (χ1v) is 19.5. The van der Waals surface area contributed by atoms with Crippen molar-refractivity contribution in [1.82, 2.24) is 0 Å². The van der Waals surface area contributed by atoms with Crippen molar-refractivity contribution in [2.45, 2.75) is 96.3 Å². The third kappa shape index (κ3) is 6.96. The summed E-state index contributed by atoms with van der Waals surface area (Å²) in [5, 5.41) is 0. The number of hydrogen-bond acceptors (Lipinski definition) is 3. The van der Waals surface area contributed by atoms with Crippen molar-refractivity contribution >= 4 is 45.2 Å². The van der Waals surface area contributed by atoms with E-state index >= 15 is 0 Å². The van der Waals surface area contributed by atoms with E-state index in [2.05, 4.69) is 132 Å². The van der Waals surface area contributed by atoms with Crippen LogP contribution in [0.25, 0.3) is 11.1 Å². The van der Waals surface area contributed by atoms with Gasteiger partial charge in [0.25, 0.3) is 0 Å². The lowest BCUT2D eigenvalue weighted by Crippen LogP contribution is -2.32. The average Bonchev–Trinajstić information content (AvgIpc) is 3.32. The zero-order valence-electron chi connectivity index (χ0n) is 27.3. The van der Waals surface area contributed by atoms with E-state index in [1.54, 1.807) is 0 Å². The lowest BCUT2D eigenvalue weighted by atomic mass is 9.66. The summed E-state index contributed by atoms with van der Waals surface area (Å²) in [5.41, 5.74) is 7.03. The lowest BCUT2D eigenvalue weighted by Gasteiger charge is -2.39. The smallest absolute Gasteiger partial charge is 0.135 e. The van der Waals surface area contributed by atoms with Crippen molar-refractivity contribution in [3.63, 3.8) is 0 Å². The van der Waals surface area contributed by atoms with Gasteiger partial charge in [0.1, 0.15) is 23.0 Å². The predicted octanol–water partition coefficient (Wildman–Crippen LogP) is 12.8. The van der Waals surface area contributed by atoms with Crippen molar-refractivity contribution in [1.29, 1.82) is 0 Å². The summed E-state index contributed by atoms with van der Waals surface area (Å²) in [6, 6.07) is 26.8. The summed E-state index contributed by atoms with van der Waals surface area (Å²) in [7, 11) is 0. The van der Waals surface area contributed by atoms with Gasteiger partial charge >= 0.3 is 0 Å². The topological polar surface area (TPSA) is 27.7 Å². The normalized spacial score (nSPS) is 13.5. The average molecular weight is 841 g/mol. The van der Waals surface area contributed by atoms with Gasteiger partial charge in [0, 0.05) is 30.4 Å². The number of fused-ring (bicyclic) bond motifs is 9. The van der Waals surface area contributed by atoms with Gasteiger partial charge < -0.3 is 14.2 Å². The van der Waals surface area contributed by atoms with Gasteiger partial charge in [0.15, 0.2) is 0 Å². The van der Waals surface area contributed by atoms with E-state index in [1.165, 1.54) is 93.6 Å². The van der Waals surface area contributed by atoms with Crippen molar-refractivity contribution in [2.24, 2.45) is 0 Å². The van der Waals surface area contributed by atoms with Crippen LogP contribution in [0.3, 0.4) is 0 Å². The first-order valence-electron chi connectivity index (χ1n) is 17.4. The van der Waals surface area contributed by atoms with E-state index in [0.29, 0.717) is 0 Å². The molecule has 1 heterocycles. The monoisotopic (exact) mass is 840 g/mol. The molecule has 5 heteroatoms. The molecule has 0 amide bonds. The molecule has 1 aliphatic heterocycles. The second-order valence-electron chi connectivity index (χ2n) is 12.8. The zero-order chi connectivity index (χ0) is 31.9. The summed E-state index contributed by atoms with van der Waals surface area (Å²) in [6.07, 6.45) is 15.0. The molecule has 1 spiro atoms. The van der Waals surface area contributed by atoms with E-state index in [4.69, 9.17) is 14.2 Å². The number of rotatable bonds is 16. The molecular formula is C41H46I2O3. The van der Waals surface area contributed by atoms with Crippen LogP contribution < -0.4 is 14.2 Å². The number of halogens is 2. The van der Waals surface area contributed by atoms with Gasteiger partial charge in [0.2, 0.25) is 0 Å². The Labute approximate surface area is 303 Å². The molecule has 2 aliphatic rings. The summed E-state index contributed by atoms with van der Waals surface area (Å²) >= 11 is 4.91. The Bertz CT molecular complexity index is 1520. The highest BCUT2D eigenvalue weighted by Crippen LogP contribution is 2.63. The van der Waals surface area contributed by atoms with Gasteiger partial charge in [-0.3, -0.25) is 0 Å². The summed E-state index contributed by atoms with van der Waals surface area (Å²) in [4.78, 5) is 0. The highest BCUT2D eigenvalue weighted by atomic mass is 127. The van der Waals surface area contributed by atoms with Crippen LogP contribution in [-0.4, -0.2) is 13.2 Å². The highest BCUT2D eigenvalue weighted by Gasteiger charge is 2.51. The summed E-state index contributed by atoms with van der Waals surface area (Å²) < 4.78 is 21.9. The van der Waals surface area contributed by atoms with Gasteiger partial charge in [-0.15, -0.1) is 0 Å². The van der Waals surface area contributed by atoms with Crippen molar-refractivity contribution in [2.75, 3.05) is 13.2 Å². The standard InChI is InChI=1S/C41H46I2O3/c1-3-5-7-9-11-13-23-44-31-17-21-35-39(27-31)46-40-28-32(45-24-14-12-10-8-6-4-2)18-22-36(40)41(35)37-25-29(42)15-19-33(37)34-20-16-30(43)26-38(34)41/h15-22,25-28H,3-14,23-24H2,1-2H3. The van der Waals surface area contributed by atoms with Crippen LogP contribution in [-0.2, 0) is 5.41 Å². The molecule has 4 aromatic rings. The van der Waals surface area contributed by atoms with Gasteiger partial charge in [0.05, 0.1) is 18.6 Å². The number of hydrogen-bond donors (Lipinski definition) is 0. The predicted molar refractivity (Wildman–Crippen MR) is 207 cm³/mol. The van der Waals surface area contributed by atoms with Gasteiger partial charge in [-0.05, 0) is 117 Å². The van der Waals surface area contributed by atoms with Crippen LogP contribution in [0.1, 0.15) is 113 Å². The molecule has 6 rings (SSSR count). The maximum Gasteiger partial charge on any atom is 0.135 e. The lowest BCUT2D eigenvalue weighted by molar-refractivity contribution is 0.300. The third-order valence-corrected chi connectivity index (χ3v) is 10.9. The Morgan fingerprint density at radius 1 is 0.500 bits per heavy atom. The Morgan fingerprint density at radius 2 is 0.935 bits per heavy atom. The van der Waals surface area contributed by atoms with Gasteiger partial charge in [-0.1, -0.05) is 102 Å². The minimum Gasteiger partial charge on any atom is -0.493 e. The first-order chi connectivity index (χ1) is 22.6. The van der Waals surface area contributed by atoms with Gasteiger partial charge in [-0.2, -0.15) is 0 Å². The summed E-state index contributed by atoms with van der Waals surface area (Å²) in [6.45, 7) is 5.98. The van der Waals surface area contributed by atoms with E-state index in [-0.39, 0.29) is 0 Å². The quantitative estimate of drug-likeness (QED) is 0.0718. The third-order valence-electron chi connectivity index (χ3n) is 9.53. The first kappa shape index (κ1) is 33.6. The van der Waals surface area contributed by atoms with Crippen molar-refractivity contribution in [3.05, 3.63) is 102 Å². The zero-order valence-corrected chi connectivity index (χ0v) is 31.6. The van der Waals surface area contributed by atoms with Crippen LogP contribution in [0, 0.1) is 7.14 Å². The van der Waals surface area contributed by atoms with Crippen molar-refractivity contribution in [3.8, 4) is 34.1 Å². The molecule has 0 N–H and O–H groups in total. The van der Waals surface area contributed by atoms with E-state index in [9.17, 15) is 0 Å². The molecular weight excluding hydrogens is 794 g/mol. The Hall–Kier alpha value is -2.26. The molecule has 0 bridgehead atoms. The molecule has 0 unspecified atom stereocenters. The fraction of sp³-hybridized carbons (Fsp3) is 0.415. The second kappa shape index (κ2) is 15.8. The number of unbranched alkanes of at least 4 members (excludes halogenated alkanes) is 10. The van der Waals surface area contributed by atoms with Gasteiger partial charge in [-0.25, -0.2) is 0 Å². The number of benzene rings is 4. The molecule has 242 valence electrons. The molecule has 0 aromatic heterocycles. The minimum atomic E-state index is -0.494. The molecule has 46 heavy (non-hydrogen) atoms. The Morgan fingerprint density at radius 3 is 1.39 bits per heavy atom. The molecule has 0 fully saturated rings. The van der Waals surface area contributed by atoms with Crippen LogP contribution >= 0.6 is 45.2 Å².